The van der Waals surface area contributed by atoms with Crippen LogP contribution in [0.3, 0.4) is 0 Å². The van der Waals surface area contributed by atoms with Crippen molar-refractivity contribution in [3.63, 3.8) is 0 Å². The van der Waals surface area contributed by atoms with E-state index in [1.165, 1.54) is 0 Å². The summed E-state index contributed by atoms with van der Waals surface area (Å²) >= 11 is 0. The Kier molecular flexibility index (Phi) is 6.88. The first-order valence-electron chi connectivity index (χ1n) is 11.5. The van der Waals surface area contributed by atoms with E-state index in [4.69, 9.17) is 5.73 Å². The SMILES string of the molecule is C=Cc1ncn(C2CCN(C(=C)C3(F)CCN(Cc4cnc(N)nc4)CC3)CC2)c1/N=C\C. The zero-order chi connectivity index (χ0) is 23.4. The Morgan fingerprint density at radius 1 is 1.21 bits per heavy atom. The summed E-state index contributed by atoms with van der Waals surface area (Å²) in [5.74, 6) is 1.11. The second-order valence-electron chi connectivity index (χ2n) is 8.81. The van der Waals surface area contributed by atoms with Gasteiger partial charge in [-0.25, -0.2) is 24.3 Å². The van der Waals surface area contributed by atoms with Crippen molar-refractivity contribution in [2.75, 3.05) is 31.9 Å². The standard InChI is InChI=1S/C24H33FN8/c1-4-21-22(27-5-2)33(17-30-21)20-6-10-32(11-7-20)18(3)24(25)8-12-31(13-9-24)16-19-14-28-23(26)29-15-19/h4-5,14-15,17,20H,1,3,6-13,16H2,2H3,(H2,26,28,29)/b27-5-. The van der Waals surface area contributed by atoms with Gasteiger partial charge in [-0.15, -0.1) is 0 Å². The van der Waals surface area contributed by atoms with Gasteiger partial charge in [-0.05, 0) is 38.7 Å². The van der Waals surface area contributed by atoms with Crippen molar-refractivity contribution >= 4 is 24.1 Å². The van der Waals surface area contributed by atoms with Crippen LogP contribution in [0.15, 0.2) is 42.6 Å². The van der Waals surface area contributed by atoms with E-state index in [9.17, 15) is 0 Å². The molecule has 2 saturated heterocycles. The Morgan fingerprint density at radius 2 is 1.88 bits per heavy atom. The van der Waals surface area contributed by atoms with Gasteiger partial charge in [0.25, 0.3) is 0 Å². The van der Waals surface area contributed by atoms with E-state index in [2.05, 4.69) is 47.5 Å². The highest BCUT2D eigenvalue weighted by molar-refractivity contribution is 5.64. The van der Waals surface area contributed by atoms with Crippen LogP contribution in [0.4, 0.5) is 16.2 Å². The monoisotopic (exact) mass is 452 g/mol. The molecule has 4 heterocycles. The summed E-state index contributed by atoms with van der Waals surface area (Å²) in [5, 5.41) is 0. The fourth-order valence-electron chi connectivity index (χ4n) is 4.79. The van der Waals surface area contributed by atoms with Crippen molar-refractivity contribution in [2.45, 2.75) is 50.9 Å². The number of aliphatic imine (C=N–C) groups is 1. The first-order chi connectivity index (χ1) is 15.9. The Labute approximate surface area is 194 Å². The highest BCUT2D eigenvalue weighted by atomic mass is 19.1. The zero-order valence-electron chi connectivity index (χ0n) is 19.3. The number of rotatable bonds is 7. The van der Waals surface area contributed by atoms with E-state index in [-0.39, 0.29) is 12.0 Å². The van der Waals surface area contributed by atoms with E-state index in [0.29, 0.717) is 38.2 Å². The van der Waals surface area contributed by atoms with Crippen LogP contribution in [0.5, 0.6) is 0 Å². The molecule has 0 aliphatic carbocycles. The molecule has 0 amide bonds. The molecule has 4 rings (SSSR count). The number of nitrogens with two attached hydrogens (primary N) is 1. The highest BCUT2D eigenvalue weighted by Gasteiger charge is 2.40. The Morgan fingerprint density at radius 3 is 2.48 bits per heavy atom. The minimum Gasteiger partial charge on any atom is -0.373 e. The average molecular weight is 453 g/mol. The molecule has 0 unspecified atom stereocenters. The molecule has 0 atom stereocenters. The van der Waals surface area contributed by atoms with Gasteiger partial charge in [-0.2, -0.15) is 0 Å². The van der Waals surface area contributed by atoms with Crippen molar-refractivity contribution < 1.29 is 4.39 Å². The van der Waals surface area contributed by atoms with Crippen LogP contribution in [0.2, 0.25) is 0 Å². The minimum absolute atomic E-state index is 0.267. The highest BCUT2D eigenvalue weighted by Crippen LogP contribution is 2.38. The molecule has 0 spiro atoms. The van der Waals surface area contributed by atoms with Gasteiger partial charge in [0, 0.05) is 68.6 Å². The zero-order valence-corrected chi connectivity index (χ0v) is 19.3. The first kappa shape index (κ1) is 23.1. The maximum absolute atomic E-state index is 15.9. The molecule has 2 aliphatic heterocycles. The smallest absolute Gasteiger partial charge is 0.219 e. The topological polar surface area (TPSA) is 88.5 Å². The van der Waals surface area contributed by atoms with Gasteiger partial charge in [0.15, 0.2) is 11.5 Å². The van der Waals surface area contributed by atoms with Crippen LogP contribution < -0.4 is 5.73 Å². The van der Waals surface area contributed by atoms with Crippen LogP contribution in [-0.2, 0) is 6.54 Å². The number of hydrogen-bond acceptors (Lipinski definition) is 7. The maximum Gasteiger partial charge on any atom is 0.219 e. The Bertz CT molecular complexity index is 996. The number of aromatic nitrogens is 4. The number of alkyl halides is 1. The van der Waals surface area contributed by atoms with E-state index < -0.39 is 5.67 Å². The molecular formula is C24H33FN8. The summed E-state index contributed by atoms with van der Waals surface area (Å²) in [6, 6.07) is 0.286. The number of imidazole rings is 1. The van der Waals surface area contributed by atoms with Crippen LogP contribution in [0.1, 0.15) is 49.9 Å². The quantitative estimate of drug-likeness (QED) is 0.644. The van der Waals surface area contributed by atoms with Crippen LogP contribution in [0.25, 0.3) is 6.08 Å². The van der Waals surface area contributed by atoms with Gasteiger partial charge in [0.1, 0.15) is 5.69 Å². The lowest BCUT2D eigenvalue weighted by molar-refractivity contribution is 0.0521. The first-order valence-corrected chi connectivity index (χ1v) is 11.5. The number of piperidine rings is 2. The van der Waals surface area contributed by atoms with Gasteiger partial charge < -0.3 is 15.2 Å². The lowest BCUT2D eigenvalue weighted by Gasteiger charge is -2.43. The number of nitrogen functional groups attached to an aromatic ring is 1. The predicted octanol–water partition coefficient (Wildman–Crippen LogP) is 3.78. The molecule has 176 valence electrons. The number of hydrogen-bond donors (Lipinski definition) is 1. The second kappa shape index (κ2) is 9.82. The lowest BCUT2D eigenvalue weighted by atomic mass is 9.88. The van der Waals surface area contributed by atoms with Crippen molar-refractivity contribution in [2.24, 2.45) is 4.99 Å². The van der Waals surface area contributed by atoms with Gasteiger partial charge >= 0.3 is 0 Å². The molecule has 0 aromatic carbocycles. The second-order valence-corrected chi connectivity index (χ2v) is 8.81. The van der Waals surface area contributed by atoms with Gasteiger partial charge in [0.2, 0.25) is 5.95 Å². The molecule has 2 aromatic heterocycles. The molecule has 2 aliphatic rings. The largest absolute Gasteiger partial charge is 0.373 e. The summed E-state index contributed by atoms with van der Waals surface area (Å²) in [7, 11) is 0. The molecule has 8 nitrogen and oxygen atoms in total. The summed E-state index contributed by atoms with van der Waals surface area (Å²) < 4.78 is 18.0. The Balaban J connectivity index is 1.32. The number of anilines is 1. The molecule has 2 N–H and O–H groups in total. The maximum atomic E-state index is 15.9. The summed E-state index contributed by atoms with van der Waals surface area (Å²) in [5.41, 5.74) is 6.60. The predicted molar refractivity (Wildman–Crippen MR) is 130 cm³/mol. The molecule has 33 heavy (non-hydrogen) atoms. The summed E-state index contributed by atoms with van der Waals surface area (Å²) in [6.45, 7) is 13.5. The minimum atomic E-state index is -1.36. The number of halogens is 1. The fraction of sp³-hybridized carbons (Fsp3) is 0.500. The number of allylic oxidation sites excluding steroid dienone is 1. The Hall–Kier alpha value is -3.07. The van der Waals surface area contributed by atoms with E-state index in [1.54, 1.807) is 24.7 Å². The molecule has 2 aromatic rings. The third-order valence-electron chi connectivity index (χ3n) is 6.78. The third kappa shape index (κ3) is 4.98. The van der Waals surface area contributed by atoms with Crippen LogP contribution >= 0.6 is 0 Å². The average Bonchev–Trinajstić information content (AvgIpc) is 3.24. The van der Waals surface area contributed by atoms with Crippen molar-refractivity contribution in [1.82, 2.24) is 29.3 Å². The van der Waals surface area contributed by atoms with Crippen molar-refractivity contribution in [3.8, 4) is 0 Å². The molecule has 0 saturated carbocycles. The molecule has 0 radical (unpaired) electrons. The molecule has 0 bridgehead atoms. The van der Waals surface area contributed by atoms with E-state index >= 15 is 4.39 Å². The molecule has 2 fully saturated rings. The molecular weight excluding hydrogens is 419 g/mol. The van der Waals surface area contributed by atoms with Crippen molar-refractivity contribution in [3.05, 3.63) is 48.8 Å². The summed E-state index contributed by atoms with van der Waals surface area (Å²) in [4.78, 5) is 21.4. The van der Waals surface area contributed by atoms with Gasteiger partial charge in [0.05, 0.1) is 6.33 Å². The van der Waals surface area contributed by atoms with Gasteiger partial charge in [-0.3, -0.25) is 4.90 Å². The van der Waals surface area contributed by atoms with Gasteiger partial charge in [-0.1, -0.05) is 13.2 Å². The fourth-order valence-corrected chi connectivity index (χ4v) is 4.79. The van der Waals surface area contributed by atoms with E-state index in [1.807, 2.05) is 13.3 Å². The van der Waals surface area contributed by atoms with E-state index in [0.717, 1.165) is 43.0 Å². The molecule has 9 heteroatoms. The van der Waals surface area contributed by atoms with Crippen molar-refractivity contribution in [1.29, 1.82) is 0 Å². The summed E-state index contributed by atoms with van der Waals surface area (Å²) in [6.07, 6.45) is 11.5. The van der Waals surface area contributed by atoms with Crippen LogP contribution in [-0.4, -0.2) is 67.4 Å². The number of nitrogens with zero attached hydrogens (tertiary/aromatic N) is 7. The number of likely N-dealkylation sites (tertiary alicyclic amines) is 2. The van der Waals surface area contributed by atoms with Crippen LogP contribution in [0, 0.1) is 0 Å². The normalized spacial score (nSPS) is 19.8. The lowest BCUT2D eigenvalue weighted by Crippen LogP contribution is -2.47. The third-order valence-corrected chi connectivity index (χ3v) is 6.78.